The molecule has 1 aromatic rings. The summed E-state index contributed by atoms with van der Waals surface area (Å²) in [4.78, 5) is 36.9. The Hall–Kier alpha value is -2.31. The Morgan fingerprint density at radius 1 is 1.14 bits per heavy atom. The predicted octanol–water partition coefficient (Wildman–Crippen LogP) is 2.35. The highest BCUT2D eigenvalue weighted by atomic mass is 19.1. The number of rotatable bonds is 3. The van der Waals surface area contributed by atoms with Crippen LogP contribution < -0.4 is 10.2 Å². The van der Waals surface area contributed by atoms with Crippen LogP contribution in [0.15, 0.2) is 18.2 Å². The van der Waals surface area contributed by atoms with Gasteiger partial charge in [-0.2, -0.15) is 0 Å². The van der Waals surface area contributed by atoms with Gasteiger partial charge in [-0.15, -0.1) is 0 Å². The summed E-state index contributed by atoms with van der Waals surface area (Å²) in [5.74, 6) is -3.26. The quantitative estimate of drug-likeness (QED) is 0.871. The van der Waals surface area contributed by atoms with E-state index >= 15 is 0 Å². The van der Waals surface area contributed by atoms with Crippen molar-refractivity contribution in [2.75, 3.05) is 4.90 Å². The molecule has 1 aliphatic rings. The van der Waals surface area contributed by atoms with Crippen LogP contribution in [0, 0.1) is 17.0 Å². The van der Waals surface area contributed by atoms with Crippen molar-refractivity contribution in [3.63, 3.8) is 0 Å². The van der Waals surface area contributed by atoms with Crippen LogP contribution in [0.4, 0.5) is 19.3 Å². The number of anilines is 1. The van der Waals surface area contributed by atoms with E-state index in [1.165, 1.54) is 0 Å². The molecule has 0 spiro atoms. The molecule has 4 amide bonds. The van der Waals surface area contributed by atoms with Crippen LogP contribution in [-0.4, -0.2) is 17.8 Å². The third kappa shape index (κ3) is 2.18. The van der Waals surface area contributed by atoms with E-state index in [0.29, 0.717) is 4.90 Å². The van der Waals surface area contributed by atoms with Crippen LogP contribution in [0.5, 0.6) is 0 Å². The lowest BCUT2D eigenvalue weighted by Gasteiger charge is -2.38. The summed E-state index contributed by atoms with van der Waals surface area (Å²) in [7, 11) is 0. The first-order chi connectivity index (χ1) is 9.87. The zero-order chi connectivity index (χ0) is 15.8. The number of carbonyl (C=O) groups is 3. The lowest BCUT2D eigenvalue weighted by atomic mass is 9.78. The van der Waals surface area contributed by atoms with Gasteiger partial charge < -0.3 is 0 Å². The highest BCUT2D eigenvalue weighted by Crippen LogP contribution is 2.35. The van der Waals surface area contributed by atoms with Gasteiger partial charge in [-0.25, -0.2) is 18.5 Å². The normalized spacial score (nSPS) is 17.9. The molecule has 0 aliphatic carbocycles. The fraction of sp³-hybridized carbons (Fsp3) is 0.357. The topological polar surface area (TPSA) is 66.5 Å². The molecule has 0 aromatic heterocycles. The van der Waals surface area contributed by atoms with Gasteiger partial charge in [-0.05, 0) is 25.0 Å². The summed E-state index contributed by atoms with van der Waals surface area (Å²) in [5, 5.41) is 2.04. The molecule has 1 fully saturated rings. The molecule has 0 unspecified atom stereocenters. The number of benzene rings is 1. The van der Waals surface area contributed by atoms with Gasteiger partial charge in [0, 0.05) is 6.07 Å². The van der Waals surface area contributed by atoms with Crippen LogP contribution in [0.2, 0.25) is 0 Å². The van der Waals surface area contributed by atoms with Gasteiger partial charge in [0.15, 0.2) is 0 Å². The molecule has 1 saturated heterocycles. The molecule has 0 saturated carbocycles. The molecule has 5 nitrogen and oxygen atoms in total. The number of barbiturate groups is 1. The summed E-state index contributed by atoms with van der Waals surface area (Å²) >= 11 is 0. The number of amides is 4. The monoisotopic (exact) mass is 296 g/mol. The average molecular weight is 296 g/mol. The first kappa shape index (κ1) is 15.1. The van der Waals surface area contributed by atoms with Crippen LogP contribution in [-0.2, 0) is 9.59 Å². The standard InChI is InChI=1S/C14H14F2N2O3/c1-3-14(4-2)11(19)17-13(21)18(12(14)20)10-7-8(15)5-6-9(10)16/h5-7H,3-4H2,1-2H3,(H,17,19,21). The van der Waals surface area contributed by atoms with Crippen molar-refractivity contribution >= 4 is 23.5 Å². The Kier molecular flexibility index (Phi) is 3.76. The van der Waals surface area contributed by atoms with Gasteiger partial charge in [0.1, 0.15) is 17.0 Å². The SMILES string of the molecule is CCC1(CC)C(=O)NC(=O)N(c2cc(F)ccc2F)C1=O. The van der Waals surface area contributed by atoms with Gasteiger partial charge in [0.05, 0.1) is 5.69 Å². The molecule has 0 bridgehead atoms. The molecule has 1 aliphatic heterocycles. The number of hydrogen-bond donors (Lipinski definition) is 1. The average Bonchev–Trinajstić information content (AvgIpc) is 2.44. The van der Waals surface area contributed by atoms with Crippen molar-refractivity contribution in [3.8, 4) is 0 Å². The lowest BCUT2D eigenvalue weighted by Crippen LogP contribution is -2.64. The van der Waals surface area contributed by atoms with E-state index in [-0.39, 0.29) is 12.8 Å². The van der Waals surface area contributed by atoms with Gasteiger partial charge in [0.25, 0.3) is 5.91 Å². The molecule has 112 valence electrons. The molecule has 1 aromatic carbocycles. The highest BCUT2D eigenvalue weighted by Gasteiger charge is 2.52. The van der Waals surface area contributed by atoms with E-state index in [1.807, 2.05) is 5.32 Å². The second-order valence-electron chi connectivity index (χ2n) is 4.78. The van der Waals surface area contributed by atoms with Crippen LogP contribution in [0.25, 0.3) is 0 Å². The second kappa shape index (κ2) is 5.23. The lowest BCUT2D eigenvalue weighted by molar-refractivity contribution is -0.143. The number of halogens is 2. The second-order valence-corrected chi connectivity index (χ2v) is 4.78. The molecule has 1 N–H and O–H groups in total. The van der Waals surface area contributed by atoms with E-state index in [1.54, 1.807) is 13.8 Å². The molecule has 0 atom stereocenters. The third-order valence-electron chi connectivity index (χ3n) is 3.83. The largest absolute Gasteiger partial charge is 0.335 e. The van der Waals surface area contributed by atoms with Gasteiger partial charge in [0.2, 0.25) is 5.91 Å². The van der Waals surface area contributed by atoms with Gasteiger partial charge >= 0.3 is 6.03 Å². The fourth-order valence-electron chi connectivity index (χ4n) is 2.43. The van der Waals surface area contributed by atoms with E-state index in [9.17, 15) is 23.2 Å². The maximum atomic E-state index is 13.8. The zero-order valence-corrected chi connectivity index (χ0v) is 11.6. The van der Waals surface area contributed by atoms with Gasteiger partial charge in [-0.1, -0.05) is 13.8 Å². The van der Waals surface area contributed by atoms with Crippen molar-refractivity contribution in [1.82, 2.24) is 5.32 Å². The third-order valence-corrected chi connectivity index (χ3v) is 3.83. The molecule has 0 radical (unpaired) electrons. The number of imide groups is 2. The number of hydrogen-bond acceptors (Lipinski definition) is 3. The first-order valence-corrected chi connectivity index (χ1v) is 6.52. The van der Waals surface area contributed by atoms with Crippen LogP contribution in [0.1, 0.15) is 26.7 Å². The molecule has 2 rings (SSSR count). The van der Waals surface area contributed by atoms with E-state index in [0.717, 1.165) is 18.2 Å². The Morgan fingerprint density at radius 3 is 2.33 bits per heavy atom. The minimum Gasteiger partial charge on any atom is -0.276 e. The van der Waals surface area contributed by atoms with Crippen molar-refractivity contribution in [2.24, 2.45) is 5.41 Å². The first-order valence-electron chi connectivity index (χ1n) is 6.52. The molecule has 7 heteroatoms. The summed E-state index contributed by atoms with van der Waals surface area (Å²) in [6, 6.07) is 1.37. The number of urea groups is 1. The van der Waals surface area contributed by atoms with Crippen LogP contribution in [0.3, 0.4) is 0 Å². The van der Waals surface area contributed by atoms with E-state index < -0.39 is 40.6 Å². The number of nitrogens with one attached hydrogen (secondary N) is 1. The van der Waals surface area contributed by atoms with Crippen molar-refractivity contribution in [3.05, 3.63) is 29.8 Å². The summed E-state index contributed by atoms with van der Waals surface area (Å²) in [5.41, 5.74) is -1.96. The Morgan fingerprint density at radius 2 is 1.76 bits per heavy atom. The van der Waals surface area contributed by atoms with Gasteiger partial charge in [-0.3, -0.25) is 14.9 Å². The smallest absolute Gasteiger partial charge is 0.276 e. The summed E-state index contributed by atoms with van der Waals surface area (Å²) < 4.78 is 27.1. The van der Waals surface area contributed by atoms with Crippen molar-refractivity contribution < 1.29 is 23.2 Å². The summed E-state index contributed by atoms with van der Waals surface area (Å²) in [6.45, 7) is 3.24. The molecular formula is C14H14F2N2O3. The van der Waals surface area contributed by atoms with Crippen molar-refractivity contribution in [1.29, 1.82) is 0 Å². The molecule has 21 heavy (non-hydrogen) atoms. The highest BCUT2D eigenvalue weighted by molar-refractivity contribution is 6.29. The fourth-order valence-corrected chi connectivity index (χ4v) is 2.43. The number of nitrogens with zero attached hydrogens (tertiary/aromatic N) is 1. The van der Waals surface area contributed by atoms with E-state index in [4.69, 9.17) is 0 Å². The van der Waals surface area contributed by atoms with Crippen molar-refractivity contribution in [2.45, 2.75) is 26.7 Å². The molecule has 1 heterocycles. The predicted molar refractivity (Wildman–Crippen MR) is 70.4 cm³/mol. The Balaban J connectivity index is 2.57. The van der Waals surface area contributed by atoms with E-state index in [2.05, 4.69) is 0 Å². The number of carbonyl (C=O) groups excluding carboxylic acids is 3. The van der Waals surface area contributed by atoms with Crippen LogP contribution >= 0.6 is 0 Å². The zero-order valence-electron chi connectivity index (χ0n) is 11.6. The Bertz CT molecular complexity index is 627. The maximum absolute atomic E-state index is 13.8. The minimum atomic E-state index is -1.45. The minimum absolute atomic E-state index is 0.148. The Labute approximate surface area is 119 Å². The maximum Gasteiger partial charge on any atom is 0.335 e. The summed E-state index contributed by atoms with van der Waals surface area (Å²) in [6.07, 6.45) is 0.295. The molecular weight excluding hydrogens is 282 g/mol.